The fraction of sp³-hybridized carbons (Fsp3) is 0.385. The Kier molecular flexibility index (Phi) is 3.69. The minimum absolute atomic E-state index is 0.0735. The van der Waals surface area contributed by atoms with Crippen molar-refractivity contribution in [2.45, 2.75) is 12.5 Å². The van der Waals surface area contributed by atoms with Gasteiger partial charge in [-0.2, -0.15) is 0 Å². The SMILES string of the molecule is CN(C)C(=O)NC1CC(=O)N(c2ccc(F)cc2)C1. The molecule has 1 aromatic carbocycles. The summed E-state index contributed by atoms with van der Waals surface area (Å²) in [5.74, 6) is -0.413. The largest absolute Gasteiger partial charge is 0.333 e. The van der Waals surface area contributed by atoms with Crippen LogP contribution in [0.2, 0.25) is 0 Å². The lowest BCUT2D eigenvalue weighted by Gasteiger charge is -2.18. The molecule has 1 N–H and O–H groups in total. The zero-order valence-corrected chi connectivity index (χ0v) is 10.9. The maximum Gasteiger partial charge on any atom is 0.317 e. The van der Waals surface area contributed by atoms with E-state index in [0.29, 0.717) is 12.2 Å². The molecule has 3 amide bonds. The molecule has 0 spiro atoms. The number of hydrogen-bond donors (Lipinski definition) is 1. The summed E-state index contributed by atoms with van der Waals surface area (Å²) in [6.07, 6.45) is 0.261. The van der Waals surface area contributed by atoms with Gasteiger partial charge < -0.3 is 15.1 Å². The number of hydrogen-bond acceptors (Lipinski definition) is 2. The molecule has 1 heterocycles. The molecule has 1 aromatic rings. The van der Waals surface area contributed by atoms with Crippen molar-refractivity contribution in [3.8, 4) is 0 Å². The molecule has 102 valence electrons. The van der Waals surface area contributed by atoms with E-state index in [1.54, 1.807) is 31.1 Å². The number of nitrogens with zero attached hydrogens (tertiary/aromatic N) is 2. The third kappa shape index (κ3) is 3.01. The van der Waals surface area contributed by atoms with Crippen molar-refractivity contribution in [2.24, 2.45) is 0 Å². The van der Waals surface area contributed by atoms with Gasteiger partial charge in [-0.1, -0.05) is 0 Å². The van der Waals surface area contributed by atoms with Crippen LogP contribution >= 0.6 is 0 Å². The van der Waals surface area contributed by atoms with E-state index in [9.17, 15) is 14.0 Å². The first kappa shape index (κ1) is 13.3. The van der Waals surface area contributed by atoms with Gasteiger partial charge in [-0.25, -0.2) is 9.18 Å². The van der Waals surface area contributed by atoms with E-state index in [2.05, 4.69) is 5.32 Å². The average molecular weight is 265 g/mol. The molecular formula is C13H16FN3O2. The average Bonchev–Trinajstić information content (AvgIpc) is 2.71. The molecule has 5 nitrogen and oxygen atoms in total. The van der Waals surface area contributed by atoms with Gasteiger partial charge in [-0.15, -0.1) is 0 Å². The van der Waals surface area contributed by atoms with Crippen molar-refractivity contribution in [3.63, 3.8) is 0 Å². The Hall–Kier alpha value is -2.11. The molecule has 1 aliphatic rings. The first-order chi connectivity index (χ1) is 8.97. The number of nitrogens with one attached hydrogen (secondary N) is 1. The van der Waals surface area contributed by atoms with E-state index in [-0.39, 0.29) is 30.2 Å². The van der Waals surface area contributed by atoms with Gasteiger partial charge in [0.25, 0.3) is 0 Å². The van der Waals surface area contributed by atoms with Crippen molar-refractivity contribution < 1.29 is 14.0 Å². The normalized spacial score (nSPS) is 18.6. The fourth-order valence-corrected chi connectivity index (χ4v) is 1.98. The van der Waals surface area contributed by atoms with Crippen LogP contribution in [0.3, 0.4) is 0 Å². The number of carbonyl (C=O) groups excluding carboxylic acids is 2. The van der Waals surface area contributed by atoms with Gasteiger partial charge in [0.15, 0.2) is 0 Å². The van der Waals surface area contributed by atoms with Crippen molar-refractivity contribution in [2.75, 3.05) is 25.5 Å². The summed E-state index contributed by atoms with van der Waals surface area (Å²) >= 11 is 0. The molecule has 6 heteroatoms. The minimum atomic E-state index is -0.340. The third-order valence-electron chi connectivity index (χ3n) is 3.00. The molecule has 1 atom stereocenters. The maximum atomic E-state index is 12.8. The van der Waals surface area contributed by atoms with Gasteiger partial charge in [-0.05, 0) is 24.3 Å². The Labute approximate surface area is 111 Å². The van der Waals surface area contributed by atoms with Crippen LogP contribution < -0.4 is 10.2 Å². The third-order valence-corrected chi connectivity index (χ3v) is 3.00. The van der Waals surface area contributed by atoms with E-state index in [0.717, 1.165) is 0 Å². The van der Waals surface area contributed by atoms with Gasteiger partial charge in [0.1, 0.15) is 5.82 Å². The standard InChI is InChI=1S/C13H16FN3O2/c1-16(2)13(19)15-10-7-12(18)17(8-10)11-5-3-9(14)4-6-11/h3-6,10H,7-8H2,1-2H3,(H,15,19). The predicted molar refractivity (Wildman–Crippen MR) is 69.4 cm³/mol. The Morgan fingerprint density at radius 1 is 1.37 bits per heavy atom. The summed E-state index contributed by atoms with van der Waals surface area (Å²) in [6, 6.07) is 5.31. The molecule has 1 saturated heterocycles. The smallest absolute Gasteiger partial charge is 0.317 e. The Bertz CT molecular complexity index is 487. The molecule has 0 saturated carbocycles. The summed E-state index contributed by atoms with van der Waals surface area (Å²) in [5.41, 5.74) is 0.646. The number of halogens is 1. The second-order valence-corrected chi connectivity index (χ2v) is 4.73. The lowest BCUT2D eigenvalue weighted by Crippen LogP contribution is -2.42. The van der Waals surface area contributed by atoms with Gasteiger partial charge in [0.2, 0.25) is 5.91 Å². The number of benzene rings is 1. The van der Waals surface area contributed by atoms with Crippen LogP contribution in [-0.4, -0.2) is 43.5 Å². The van der Waals surface area contributed by atoms with E-state index in [1.807, 2.05) is 0 Å². The lowest BCUT2D eigenvalue weighted by molar-refractivity contribution is -0.117. The molecule has 1 aliphatic heterocycles. The lowest BCUT2D eigenvalue weighted by atomic mass is 10.2. The second-order valence-electron chi connectivity index (χ2n) is 4.73. The monoisotopic (exact) mass is 265 g/mol. The minimum Gasteiger partial charge on any atom is -0.333 e. The van der Waals surface area contributed by atoms with Crippen molar-refractivity contribution in [1.82, 2.24) is 10.2 Å². The summed E-state index contributed by atoms with van der Waals surface area (Å²) in [6.45, 7) is 0.407. The van der Waals surface area contributed by atoms with E-state index >= 15 is 0 Å². The summed E-state index contributed by atoms with van der Waals surface area (Å²) in [5, 5.41) is 2.77. The quantitative estimate of drug-likeness (QED) is 0.873. The highest BCUT2D eigenvalue weighted by atomic mass is 19.1. The molecule has 0 aliphatic carbocycles. The van der Waals surface area contributed by atoms with Crippen molar-refractivity contribution >= 4 is 17.6 Å². The molecule has 1 fully saturated rings. The number of amides is 3. The van der Waals surface area contributed by atoms with Crippen LogP contribution in [0.25, 0.3) is 0 Å². The van der Waals surface area contributed by atoms with Crippen LogP contribution in [0.5, 0.6) is 0 Å². The molecule has 0 bridgehead atoms. The fourth-order valence-electron chi connectivity index (χ4n) is 1.98. The van der Waals surface area contributed by atoms with E-state index in [1.165, 1.54) is 17.0 Å². The first-order valence-corrected chi connectivity index (χ1v) is 6.01. The van der Waals surface area contributed by atoms with Crippen LogP contribution in [0.1, 0.15) is 6.42 Å². The second kappa shape index (κ2) is 5.26. The molecule has 0 radical (unpaired) electrons. The topological polar surface area (TPSA) is 52.7 Å². The Balaban J connectivity index is 2.03. The van der Waals surface area contributed by atoms with Crippen LogP contribution in [0.15, 0.2) is 24.3 Å². The zero-order valence-electron chi connectivity index (χ0n) is 10.9. The van der Waals surface area contributed by atoms with Crippen molar-refractivity contribution in [1.29, 1.82) is 0 Å². The summed E-state index contributed by atoms with van der Waals surface area (Å²) < 4.78 is 12.8. The zero-order chi connectivity index (χ0) is 14.0. The molecule has 2 rings (SSSR count). The van der Waals surface area contributed by atoms with Gasteiger partial charge in [0.05, 0.1) is 6.04 Å². The molecule has 1 unspecified atom stereocenters. The Morgan fingerprint density at radius 3 is 2.58 bits per heavy atom. The summed E-state index contributed by atoms with van der Waals surface area (Å²) in [7, 11) is 3.29. The van der Waals surface area contributed by atoms with E-state index in [4.69, 9.17) is 0 Å². The van der Waals surface area contributed by atoms with Gasteiger partial charge in [0, 0.05) is 32.7 Å². The number of rotatable bonds is 2. The van der Waals surface area contributed by atoms with Crippen LogP contribution in [0, 0.1) is 5.82 Å². The van der Waals surface area contributed by atoms with E-state index < -0.39 is 0 Å². The summed E-state index contributed by atoms with van der Waals surface area (Å²) in [4.78, 5) is 26.4. The number of carbonyl (C=O) groups is 2. The van der Waals surface area contributed by atoms with Crippen molar-refractivity contribution in [3.05, 3.63) is 30.1 Å². The van der Waals surface area contributed by atoms with Gasteiger partial charge >= 0.3 is 6.03 Å². The first-order valence-electron chi connectivity index (χ1n) is 6.01. The highest BCUT2D eigenvalue weighted by Gasteiger charge is 2.31. The molecule has 0 aromatic heterocycles. The Morgan fingerprint density at radius 2 is 2.00 bits per heavy atom. The number of urea groups is 1. The molecule has 19 heavy (non-hydrogen) atoms. The maximum absolute atomic E-state index is 12.8. The predicted octanol–water partition coefficient (Wildman–Crippen LogP) is 1.20. The molecular weight excluding hydrogens is 249 g/mol. The highest BCUT2D eigenvalue weighted by Crippen LogP contribution is 2.21. The van der Waals surface area contributed by atoms with Gasteiger partial charge in [-0.3, -0.25) is 4.79 Å². The highest BCUT2D eigenvalue weighted by molar-refractivity contribution is 5.96. The van der Waals surface area contributed by atoms with Crippen LogP contribution in [0.4, 0.5) is 14.9 Å². The van der Waals surface area contributed by atoms with Crippen LogP contribution in [-0.2, 0) is 4.79 Å². The number of anilines is 1.